The third kappa shape index (κ3) is 641. The van der Waals surface area contributed by atoms with Gasteiger partial charge in [-0.05, 0) is 0 Å². The maximum absolute atomic E-state index is 8.12. The first-order valence-corrected chi connectivity index (χ1v) is 1.63. The van der Waals surface area contributed by atoms with Gasteiger partial charge in [0.15, 0.2) is 0 Å². The molecule has 0 aromatic heterocycles. The summed E-state index contributed by atoms with van der Waals surface area (Å²) in [5, 5.41) is 7.75. The zero-order valence-corrected chi connectivity index (χ0v) is 3.76. The van der Waals surface area contributed by atoms with Crippen LogP contribution in [0.3, 0.4) is 0 Å². The number of carbonyl (C=O) groups excluding carboxylic acids is 2. The standard InChI is InChI=1S/C2H7NO.CO2/c3-1-2-4;2-1-3/h4H,1-3H2;. The molecule has 0 aromatic carbocycles. The average Bonchev–Trinajstić information content (AvgIpc) is 1.69. The molecule has 0 saturated heterocycles. The summed E-state index contributed by atoms with van der Waals surface area (Å²) in [7, 11) is 0. The highest BCUT2D eigenvalue weighted by atomic mass is 16.3. The quantitative estimate of drug-likeness (QED) is 0.419. The lowest BCUT2D eigenvalue weighted by atomic mass is 10.8. The summed E-state index contributed by atoms with van der Waals surface area (Å²) in [4.78, 5) is 16.2. The Morgan fingerprint density at radius 2 is 1.71 bits per heavy atom. The molecule has 0 amide bonds. The van der Waals surface area contributed by atoms with Crippen molar-refractivity contribution in [1.29, 1.82) is 0 Å². The van der Waals surface area contributed by atoms with Crippen molar-refractivity contribution in [2.24, 2.45) is 5.73 Å². The fourth-order valence-electron chi connectivity index (χ4n) is 0. The highest BCUT2D eigenvalue weighted by molar-refractivity contribution is 5.20. The van der Waals surface area contributed by atoms with E-state index in [1.54, 1.807) is 0 Å². The SMILES string of the molecule is NCCO.O=C=O. The molecule has 0 fully saturated rings. The lowest BCUT2D eigenvalue weighted by Crippen LogP contribution is -2.02. The predicted molar refractivity (Wildman–Crippen MR) is 21.1 cm³/mol. The maximum atomic E-state index is 8.12. The summed E-state index contributed by atoms with van der Waals surface area (Å²) >= 11 is 0. The fourth-order valence-corrected chi connectivity index (χ4v) is 0. The molecule has 0 spiro atoms. The zero-order chi connectivity index (χ0) is 6.12. The Balaban J connectivity index is 0. The number of hydrogen-bond acceptors (Lipinski definition) is 4. The van der Waals surface area contributed by atoms with E-state index in [-0.39, 0.29) is 12.8 Å². The number of aliphatic hydroxyl groups excluding tert-OH is 1. The van der Waals surface area contributed by atoms with E-state index in [0.29, 0.717) is 6.54 Å². The smallest absolute Gasteiger partial charge is 0.373 e. The molecule has 0 saturated carbocycles. The van der Waals surface area contributed by atoms with E-state index in [9.17, 15) is 0 Å². The average molecular weight is 105 g/mol. The molecule has 0 aliphatic heterocycles. The van der Waals surface area contributed by atoms with Crippen molar-refractivity contribution in [2.45, 2.75) is 0 Å². The molecule has 0 heterocycles. The normalized spacial score (nSPS) is 5.43. The van der Waals surface area contributed by atoms with Gasteiger partial charge in [0.2, 0.25) is 0 Å². The Hall–Kier alpha value is -0.700. The summed E-state index contributed by atoms with van der Waals surface area (Å²) in [5.74, 6) is 0. The van der Waals surface area contributed by atoms with E-state index in [0.717, 1.165) is 0 Å². The molecule has 0 aliphatic carbocycles. The Labute approximate surface area is 40.9 Å². The van der Waals surface area contributed by atoms with Gasteiger partial charge in [0, 0.05) is 6.54 Å². The molecule has 4 nitrogen and oxygen atoms in total. The van der Waals surface area contributed by atoms with Gasteiger partial charge in [-0.2, -0.15) is 9.59 Å². The Morgan fingerprint density at radius 3 is 1.71 bits per heavy atom. The van der Waals surface area contributed by atoms with E-state index in [1.807, 2.05) is 0 Å². The first-order valence-electron chi connectivity index (χ1n) is 1.63. The van der Waals surface area contributed by atoms with Gasteiger partial charge in [0.1, 0.15) is 0 Å². The molecular formula is C3H7NO3. The van der Waals surface area contributed by atoms with Crippen molar-refractivity contribution in [3.8, 4) is 0 Å². The molecule has 0 atom stereocenters. The zero-order valence-electron chi connectivity index (χ0n) is 3.76. The lowest BCUT2D eigenvalue weighted by molar-refractivity contribution is -0.191. The van der Waals surface area contributed by atoms with Crippen LogP contribution in [-0.2, 0) is 9.59 Å². The van der Waals surface area contributed by atoms with Crippen LogP contribution >= 0.6 is 0 Å². The predicted octanol–water partition coefficient (Wildman–Crippen LogP) is -1.65. The summed E-state index contributed by atoms with van der Waals surface area (Å²) in [6.45, 7) is 0.472. The largest absolute Gasteiger partial charge is 0.395 e. The Kier molecular flexibility index (Phi) is 25.3. The molecule has 0 aromatic rings. The number of hydrogen-bond donors (Lipinski definition) is 2. The van der Waals surface area contributed by atoms with Crippen LogP contribution in [0, 0.1) is 0 Å². The highest BCUT2D eigenvalue weighted by Gasteiger charge is 1.56. The minimum absolute atomic E-state index is 0.0972. The second kappa shape index (κ2) is 18.5. The molecule has 4 heteroatoms. The molecule has 0 aliphatic rings. The van der Waals surface area contributed by atoms with Gasteiger partial charge in [0.05, 0.1) is 6.61 Å². The van der Waals surface area contributed by atoms with Crippen LogP contribution in [0.5, 0.6) is 0 Å². The van der Waals surface area contributed by atoms with Crippen LogP contribution in [0.2, 0.25) is 0 Å². The highest BCUT2D eigenvalue weighted by Crippen LogP contribution is 1.33. The molecule has 0 radical (unpaired) electrons. The minimum atomic E-state index is 0.0972. The van der Waals surface area contributed by atoms with Gasteiger partial charge in [-0.15, -0.1) is 0 Å². The maximum Gasteiger partial charge on any atom is 0.373 e. The van der Waals surface area contributed by atoms with E-state index in [2.05, 4.69) is 0 Å². The van der Waals surface area contributed by atoms with Crippen LogP contribution in [0.4, 0.5) is 0 Å². The molecular weight excluding hydrogens is 98.0 g/mol. The van der Waals surface area contributed by atoms with Crippen LogP contribution < -0.4 is 5.73 Å². The van der Waals surface area contributed by atoms with Gasteiger partial charge < -0.3 is 10.8 Å². The van der Waals surface area contributed by atoms with Crippen molar-refractivity contribution >= 4 is 6.15 Å². The molecule has 3 N–H and O–H groups in total. The van der Waals surface area contributed by atoms with Crippen LogP contribution in [0.25, 0.3) is 0 Å². The first kappa shape index (κ1) is 9.57. The summed E-state index contributed by atoms with van der Waals surface area (Å²) in [6.07, 6.45) is 0.250. The second-order valence-corrected chi connectivity index (χ2v) is 0.596. The van der Waals surface area contributed by atoms with Gasteiger partial charge in [-0.25, -0.2) is 0 Å². The summed E-state index contributed by atoms with van der Waals surface area (Å²) < 4.78 is 0. The van der Waals surface area contributed by atoms with E-state index in [4.69, 9.17) is 20.4 Å². The van der Waals surface area contributed by atoms with Gasteiger partial charge in [-0.1, -0.05) is 0 Å². The molecule has 0 bridgehead atoms. The molecule has 7 heavy (non-hydrogen) atoms. The van der Waals surface area contributed by atoms with E-state index in [1.165, 1.54) is 0 Å². The van der Waals surface area contributed by atoms with Crippen molar-refractivity contribution in [3.63, 3.8) is 0 Å². The summed E-state index contributed by atoms with van der Waals surface area (Å²) in [6, 6.07) is 0. The lowest BCUT2D eigenvalue weighted by Gasteiger charge is -1.71. The number of nitrogens with two attached hydrogens (primary N) is 1. The minimum Gasteiger partial charge on any atom is -0.395 e. The van der Waals surface area contributed by atoms with Crippen molar-refractivity contribution in [2.75, 3.05) is 13.2 Å². The van der Waals surface area contributed by atoms with Gasteiger partial charge in [0.25, 0.3) is 0 Å². The van der Waals surface area contributed by atoms with Gasteiger partial charge >= 0.3 is 6.15 Å². The molecule has 0 rings (SSSR count). The topological polar surface area (TPSA) is 80.4 Å². The molecule has 42 valence electrons. The summed E-state index contributed by atoms with van der Waals surface area (Å²) in [5.41, 5.74) is 4.78. The van der Waals surface area contributed by atoms with Crippen molar-refractivity contribution in [3.05, 3.63) is 0 Å². The van der Waals surface area contributed by atoms with Crippen molar-refractivity contribution in [1.82, 2.24) is 0 Å². The third-order valence-electron chi connectivity index (χ3n) is 0.129. The second-order valence-electron chi connectivity index (χ2n) is 0.596. The van der Waals surface area contributed by atoms with Crippen LogP contribution in [-0.4, -0.2) is 24.4 Å². The van der Waals surface area contributed by atoms with Crippen molar-refractivity contribution < 1.29 is 14.7 Å². The van der Waals surface area contributed by atoms with E-state index < -0.39 is 0 Å². The Bertz CT molecular complexity index is 46.1. The van der Waals surface area contributed by atoms with E-state index >= 15 is 0 Å². The number of rotatable bonds is 1. The monoisotopic (exact) mass is 105 g/mol. The third-order valence-corrected chi connectivity index (χ3v) is 0.129. The van der Waals surface area contributed by atoms with Crippen LogP contribution in [0.1, 0.15) is 0 Å². The van der Waals surface area contributed by atoms with Crippen LogP contribution in [0.15, 0.2) is 0 Å². The Morgan fingerprint density at radius 1 is 1.57 bits per heavy atom. The van der Waals surface area contributed by atoms with Gasteiger partial charge in [-0.3, -0.25) is 0 Å². The number of aliphatic hydroxyl groups is 1. The molecule has 0 unspecified atom stereocenters. The first-order chi connectivity index (χ1) is 3.33. The fraction of sp³-hybridized carbons (Fsp3) is 0.667.